The molecule has 0 saturated heterocycles. The molecule has 1 aromatic carbocycles. The van der Waals surface area contributed by atoms with Crippen molar-refractivity contribution in [3.05, 3.63) is 29.8 Å². The van der Waals surface area contributed by atoms with Crippen molar-refractivity contribution in [3.8, 4) is 0 Å². The molecule has 0 saturated carbocycles. The Kier molecular flexibility index (Phi) is 4.80. The topological polar surface area (TPSA) is 81.1 Å². The van der Waals surface area contributed by atoms with E-state index in [9.17, 15) is 9.59 Å². The van der Waals surface area contributed by atoms with Crippen LogP contribution in [0.5, 0.6) is 0 Å². The number of aliphatic hydroxyl groups is 1. The second kappa shape index (κ2) is 6.58. The Labute approximate surface area is 123 Å². The third-order valence-corrected chi connectivity index (χ3v) is 3.74. The molecular formula is C15H20N2O4. The van der Waals surface area contributed by atoms with E-state index < -0.39 is 5.97 Å². The lowest BCUT2D eigenvalue weighted by molar-refractivity contribution is -0.137. The Morgan fingerprint density at radius 2 is 2.10 bits per heavy atom. The summed E-state index contributed by atoms with van der Waals surface area (Å²) in [5, 5.41) is 18.1. The maximum Gasteiger partial charge on any atom is 0.324 e. The highest BCUT2D eigenvalue weighted by Gasteiger charge is 2.34. The Bertz CT molecular complexity index is 532. The largest absolute Gasteiger partial charge is 0.481 e. The van der Waals surface area contributed by atoms with Crippen molar-refractivity contribution in [2.45, 2.75) is 19.3 Å². The van der Waals surface area contributed by atoms with E-state index in [1.54, 1.807) is 9.80 Å². The predicted octanol–water partition coefficient (Wildman–Crippen LogP) is 1.50. The summed E-state index contributed by atoms with van der Waals surface area (Å²) < 4.78 is 0. The number of carboxylic acids is 1. The molecule has 1 heterocycles. The minimum absolute atomic E-state index is 0.00686. The van der Waals surface area contributed by atoms with Gasteiger partial charge in [-0.3, -0.25) is 9.69 Å². The van der Waals surface area contributed by atoms with Gasteiger partial charge in [0.1, 0.15) is 0 Å². The van der Waals surface area contributed by atoms with Gasteiger partial charge in [-0.05, 0) is 18.6 Å². The highest BCUT2D eigenvalue weighted by Crippen LogP contribution is 2.38. The molecule has 2 N–H and O–H groups in total. The van der Waals surface area contributed by atoms with E-state index in [2.05, 4.69) is 0 Å². The minimum Gasteiger partial charge on any atom is -0.481 e. The van der Waals surface area contributed by atoms with Gasteiger partial charge >= 0.3 is 12.0 Å². The maximum absolute atomic E-state index is 12.6. The van der Waals surface area contributed by atoms with Crippen LogP contribution in [0.1, 0.15) is 24.8 Å². The third-order valence-electron chi connectivity index (χ3n) is 3.74. The normalized spacial score (nSPS) is 16.7. The van der Waals surface area contributed by atoms with Crippen molar-refractivity contribution in [3.63, 3.8) is 0 Å². The summed E-state index contributed by atoms with van der Waals surface area (Å²) in [6.45, 7) is 2.91. The number of hydrogen-bond acceptors (Lipinski definition) is 3. The van der Waals surface area contributed by atoms with Gasteiger partial charge in [0.25, 0.3) is 0 Å². The van der Waals surface area contributed by atoms with Crippen LogP contribution in [0.3, 0.4) is 0 Å². The van der Waals surface area contributed by atoms with Gasteiger partial charge in [-0.2, -0.15) is 0 Å². The second-order valence-corrected chi connectivity index (χ2v) is 5.05. The van der Waals surface area contributed by atoms with Gasteiger partial charge < -0.3 is 15.1 Å². The fraction of sp³-hybridized carbons (Fsp3) is 0.467. The summed E-state index contributed by atoms with van der Waals surface area (Å²) in [7, 11) is 0. The second-order valence-electron chi connectivity index (χ2n) is 5.05. The summed E-state index contributed by atoms with van der Waals surface area (Å²) >= 11 is 0. The number of carboxylic acid groups (broad SMARTS) is 1. The summed E-state index contributed by atoms with van der Waals surface area (Å²) in [6.07, 6.45) is 0.00686. The number of benzene rings is 1. The smallest absolute Gasteiger partial charge is 0.324 e. The quantitative estimate of drug-likeness (QED) is 0.861. The van der Waals surface area contributed by atoms with Crippen molar-refractivity contribution in [2.75, 3.05) is 31.1 Å². The van der Waals surface area contributed by atoms with Gasteiger partial charge in [-0.25, -0.2) is 4.79 Å². The number of urea groups is 1. The van der Waals surface area contributed by atoms with Gasteiger partial charge in [-0.15, -0.1) is 0 Å². The number of para-hydroxylation sites is 1. The molecule has 0 aromatic heterocycles. The average molecular weight is 292 g/mol. The molecule has 2 amide bonds. The summed E-state index contributed by atoms with van der Waals surface area (Å²) in [6, 6.07) is 7.21. The Balaban J connectivity index is 2.26. The number of likely N-dealkylation sites (N-methyl/N-ethyl adjacent to an activating group) is 1. The molecule has 6 nitrogen and oxygen atoms in total. The Morgan fingerprint density at radius 3 is 2.71 bits per heavy atom. The zero-order valence-electron chi connectivity index (χ0n) is 12.0. The molecule has 1 unspecified atom stereocenters. The molecule has 21 heavy (non-hydrogen) atoms. The van der Waals surface area contributed by atoms with Crippen LogP contribution >= 0.6 is 0 Å². The molecular weight excluding hydrogens is 272 g/mol. The van der Waals surface area contributed by atoms with Crippen LogP contribution in [0.25, 0.3) is 0 Å². The molecule has 6 heteroatoms. The molecule has 0 bridgehead atoms. The van der Waals surface area contributed by atoms with E-state index >= 15 is 0 Å². The molecule has 1 atom stereocenters. The molecule has 0 radical (unpaired) electrons. The number of carbonyl (C=O) groups is 2. The van der Waals surface area contributed by atoms with Crippen LogP contribution in [0.4, 0.5) is 10.5 Å². The molecule has 0 aliphatic carbocycles. The number of aliphatic hydroxyl groups excluding tert-OH is 1. The number of fused-ring (bicyclic) bond motifs is 1. The number of carbonyl (C=O) groups excluding carboxylic acids is 1. The van der Waals surface area contributed by atoms with Gasteiger partial charge in [0.2, 0.25) is 0 Å². The van der Waals surface area contributed by atoms with Crippen LogP contribution in [0.2, 0.25) is 0 Å². The van der Waals surface area contributed by atoms with Crippen LogP contribution in [-0.4, -0.2) is 53.4 Å². The van der Waals surface area contributed by atoms with E-state index in [-0.39, 0.29) is 31.5 Å². The monoisotopic (exact) mass is 292 g/mol. The number of rotatable bonds is 5. The molecule has 114 valence electrons. The zero-order valence-corrected chi connectivity index (χ0v) is 12.0. The van der Waals surface area contributed by atoms with E-state index in [0.29, 0.717) is 13.1 Å². The third kappa shape index (κ3) is 3.16. The minimum atomic E-state index is -0.869. The number of nitrogens with zero attached hydrogens (tertiary/aromatic N) is 2. The molecule has 1 aromatic rings. The molecule has 0 fully saturated rings. The SMILES string of the molecule is CCN(CCO)C(=O)N1CC(CC(=O)O)c2ccccc21. The first kappa shape index (κ1) is 15.3. The van der Waals surface area contributed by atoms with Crippen molar-refractivity contribution in [1.29, 1.82) is 0 Å². The average Bonchev–Trinajstić information content (AvgIpc) is 2.82. The molecule has 2 rings (SSSR count). The lowest BCUT2D eigenvalue weighted by Gasteiger charge is -2.27. The van der Waals surface area contributed by atoms with Crippen molar-refractivity contribution in [1.82, 2.24) is 4.90 Å². The molecule has 0 spiro atoms. The zero-order chi connectivity index (χ0) is 15.4. The Morgan fingerprint density at radius 1 is 1.38 bits per heavy atom. The highest BCUT2D eigenvalue weighted by atomic mass is 16.4. The van der Waals surface area contributed by atoms with Crippen molar-refractivity contribution < 1.29 is 19.8 Å². The first-order valence-electron chi connectivity index (χ1n) is 7.06. The summed E-state index contributed by atoms with van der Waals surface area (Å²) in [4.78, 5) is 26.7. The van der Waals surface area contributed by atoms with Crippen molar-refractivity contribution in [2.24, 2.45) is 0 Å². The van der Waals surface area contributed by atoms with Crippen LogP contribution in [0, 0.1) is 0 Å². The predicted molar refractivity (Wildman–Crippen MR) is 78.5 cm³/mol. The van der Waals surface area contributed by atoms with Gasteiger partial charge in [0, 0.05) is 31.2 Å². The summed E-state index contributed by atoms with van der Waals surface area (Å²) in [5.41, 5.74) is 1.67. The number of aliphatic carboxylic acids is 1. The van der Waals surface area contributed by atoms with Crippen molar-refractivity contribution >= 4 is 17.7 Å². The lowest BCUT2D eigenvalue weighted by Crippen LogP contribution is -2.44. The lowest BCUT2D eigenvalue weighted by atomic mass is 9.98. The highest BCUT2D eigenvalue weighted by molar-refractivity contribution is 5.95. The number of anilines is 1. The Hall–Kier alpha value is -2.08. The summed E-state index contributed by atoms with van der Waals surface area (Å²) in [5.74, 6) is -1.05. The van der Waals surface area contributed by atoms with Crippen LogP contribution in [-0.2, 0) is 4.79 Å². The first-order valence-corrected chi connectivity index (χ1v) is 7.06. The van der Waals surface area contributed by atoms with Gasteiger partial charge in [0.15, 0.2) is 0 Å². The number of hydrogen-bond donors (Lipinski definition) is 2. The van der Waals surface area contributed by atoms with Gasteiger partial charge in [0.05, 0.1) is 13.0 Å². The first-order chi connectivity index (χ1) is 10.1. The van der Waals surface area contributed by atoms with E-state index in [0.717, 1.165) is 11.3 Å². The number of amides is 2. The van der Waals surface area contributed by atoms with E-state index in [4.69, 9.17) is 10.2 Å². The standard InChI is InChI=1S/C15H20N2O4/c1-2-16(7-8-18)15(21)17-10-11(9-14(19)20)12-5-3-4-6-13(12)17/h3-6,11,18H,2,7-10H2,1H3,(H,19,20). The molecule has 1 aliphatic rings. The molecule has 1 aliphatic heterocycles. The fourth-order valence-corrected chi connectivity index (χ4v) is 2.74. The van der Waals surface area contributed by atoms with E-state index in [1.807, 2.05) is 31.2 Å². The maximum atomic E-state index is 12.6. The van der Waals surface area contributed by atoms with Crippen LogP contribution in [0.15, 0.2) is 24.3 Å². The van der Waals surface area contributed by atoms with Crippen LogP contribution < -0.4 is 4.90 Å². The van der Waals surface area contributed by atoms with Gasteiger partial charge in [-0.1, -0.05) is 18.2 Å². The van der Waals surface area contributed by atoms with E-state index in [1.165, 1.54) is 0 Å². The fourth-order valence-electron chi connectivity index (χ4n) is 2.74.